The second kappa shape index (κ2) is 9.43. The minimum Gasteiger partial charge on any atom is -0.461 e. The molecule has 2 amide bonds. The van der Waals surface area contributed by atoms with E-state index in [0.717, 1.165) is 16.7 Å². The Bertz CT molecular complexity index is 941. The van der Waals surface area contributed by atoms with Gasteiger partial charge >= 0.3 is 5.97 Å². The van der Waals surface area contributed by atoms with E-state index < -0.39 is 17.1 Å². The number of para-hydroxylation sites is 1. The van der Waals surface area contributed by atoms with E-state index in [9.17, 15) is 14.4 Å². The Morgan fingerprint density at radius 3 is 2.55 bits per heavy atom. The fraction of sp³-hybridized carbons (Fsp3) is 0.227. The quantitative estimate of drug-likeness (QED) is 0.479. The van der Waals surface area contributed by atoms with Gasteiger partial charge in [-0.3, -0.25) is 19.3 Å². The molecular formula is C22H21NO5S. The van der Waals surface area contributed by atoms with Crippen LogP contribution in [0.2, 0.25) is 0 Å². The van der Waals surface area contributed by atoms with Gasteiger partial charge in [-0.15, -0.1) is 0 Å². The maximum absolute atomic E-state index is 12.6. The standard InChI is InChI=1S/C22H21NO5S/c1-3-15(2)27-20(24)14-23-21(25)19(29-22(23)26)13-16-8-7-11-18(12-16)28-17-9-5-4-6-10-17/h4-13,15H,3,14H2,1-2H3/b19-13+/t15-/m1/s1. The van der Waals surface area contributed by atoms with Crippen LogP contribution in [0.5, 0.6) is 11.5 Å². The van der Waals surface area contributed by atoms with Crippen LogP contribution in [0, 0.1) is 0 Å². The summed E-state index contributed by atoms with van der Waals surface area (Å²) in [5, 5.41) is -0.487. The molecule has 1 atom stereocenters. The van der Waals surface area contributed by atoms with E-state index in [1.807, 2.05) is 43.3 Å². The fourth-order valence-electron chi connectivity index (χ4n) is 2.55. The molecule has 29 heavy (non-hydrogen) atoms. The molecule has 0 bridgehead atoms. The number of carbonyl (C=O) groups excluding carboxylic acids is 3. The highest BCUT2D eigenvalue weighted by atomic mass is 32.2. The number of benzene rings is 2. The highest BCUT2D eigenvalue weighted by Gasteiger charge is 2.36. The predicted octanol–water partition coefficient (Wildman–Crippen LogP) is 4.86. The third-order valence-electron chi connectivity index (χ3n) is 4.20. The van der Waals surface area contributed by atoms with Crippen molar-refractivity contribution in [1.29, 1.82) is 0 Å². The van der Waals surface area contributed by atoms with Crippen molar-refractivity contribution in [2.75, 3.05) is 6.54 Å². The number of esters is 1. The summed E-state index contributed by atoms with van der Waals surface area (Å²) >= 11 is 0.803. The van der Waals surface area contributed by atoms with Gasteiger partial charge in [0.25, 0.3) is 11.1 Å². The van der Waals surface area contributed by atoms with Crippen molar-refractivity contribution in [2.24, 2.45) is 0 Å². The Morgan fingerprint density at radius 1 is 1.10 bits per heavy atom. The maximum Gasteiger partial charge on any atom is 0.326 e. The maximum atomic E-state index is 12.6. The molecule has 6 nitrogen and oxygen atoms in total. The highest BCUT2D eigenvalue weighted by molar-refractivity contribution is 8.18. The summed E-state index contributed by atoms with van der Waals surface area (Å²) in [4.78, 5) is 37.8. The Morgan fingerprint density at radius 2 is 1.83 bits per heavy atom. The van der Waals surface area contributed by atoms with Crippen LogP contribution < -0.4 is 4.74 Å². The molecule has 2 aromatic carbocycles. The normalized spacial score (nSPS) is 16.2. The molecule has 150 valence electrons. The van der Waals surface area contributed by atoms with Gasteiger partial charge in [-0.05, 0) is 61.0 Å². The molecule has 0 aliphatic carbocycles. The monoisotopic (exact) mass is 411 g/mol. The zero-order chi connectivity index (χ0) is 20.8. The zero-order valence-electron chi connectivity index (χ0n) is 16.2. The third kappa shape index (κ3) is 5.48. The van der Waals surface area contributed by atoms with E-state index in [1.165, 1.54) is 0 Å². The van der Waals surface area contributed by atoms with Gasteiger partial charge in [0.2, 0.25) is 0 Å². The first-order valence-electron chi connectivity index (χ1n) is 9.24. The van der Waals surface area contributed by atoms with Crippen molar-refractivity contribution in [1.82, 2.24) is 4.90 Å². The van der Waals surface area contributed by atoms with Crippen molar-refractivity contribution in [3.63, 3.8) is 0 Å². The highest BCUT2D eigenvalue weighted by Crippen LogP contribution is 2.33. The lowest BCUT2D eigenvalue weighted by Gasteiger charge is -2.14. The number of rotatable bonds is 7. The predicted molar refractivity (Wildman–Crippen MR) is 111 cm³/mol. The molecule has 0 saturated carbocycles. The van der Waals surface area contributed by atoms with E-state index in [2.05, 4.69) is 0 Å². The SMILES string of the molecule is CC[C@@H](C)OC(=O)CN1C(=O)S/C(=C/c2cccc(Oc3ccccc3)c2)C1=O. The van der Waals surface area contributed by atoms with Crippen molar-refractivity contribution in [2.45, 2.75) is 26.4 Å². The number of thioether (sulfide) groups is 1. The van der Waals surface area contributed by atoms with E-state index >= 15 is 0 Å². The minimum absolute atomic E-state index is 0.253. The van der Waals surface area contributed by atoms with Crippen LogP contribution in [0.15, 0.2) is 59.5 Å². The lowest BCUT2D eigenvalue weighted by molar-refractivity contribution is -0.150. The number of amides is 2. The summed E-state index contributed by atoms with van der Waals surface area (Å²) in [6.45, 7) is 3.26. The first kappa shape index (κ1) is 20.7. The van der Waals surface area contributed by atoms with Crippen LogP contribution >= 0.6 is 11.8 Å². The number of hydrogen-bond acceptors (Lipinski definition) is 6. The minimum atomic E-state index is -0.596. The lowest BCUT2D eigenvalue weighted by Crippen LogP contribution is -2.35. The van der Waals surface area contributed by atoms with E-state index in [-0.39, 0.29) is 17.6 Å². The summed E-state index contributed by atoms with van der Waals surface area (Å²) in [6.07, 6.45) is 2.02. The summed E-state index contributed by atoms with van der Waals surface area (Å²) < 4.78 is 10.9. The second-order valence-electron chi connectivity index (χ2n) is 6.46. The van der Waals surface area contributed by atoms with Crippen LogP contribution in [0.1, 0.15) is 25.8 Å². The van der Waals surface area contributed by atoms with Crippen LogP contribution in [0.25, 0.3) is 6.08 Å². The number of ether oxygens (including phenoxy) is 2. The summed E-state index contributed by atoms with van der Waals surface area (Å²) in [5.74, 6) is 0.211. The molecule has 1 aliphatic rings. The number of carbonyl (C=O) groups is 3. The molecule has 1 fully saturated rings. The molecule has 0 spiro atoms. The third-order valence-corrected chi connectivity index (χ3v) is 5.11. The van der Waals surface area contributed by atoms with Crippen molar-refractivity contribution >= 4 is 35.0 Å². The molecule has 7 heteroatoms. The summed E-state index contributed by atoms with van der Waals surface area (Å²) in [6, 6.07) is 16.5. The largest absolute Gasteiger partial charge is 0.461 e. The number of hydrogen-bond donors (Lipinski definition) is 0. The summed E-state index contributed by atoms with van der Waals surface area (Å²) in [5.41, 5.74) is 0.714. The van der Waals surface area contributed by atoms with Gasteiger partial charge in [-0.1, -0.05) is 37.3 Å². The summed E-state index contributed by atoms with van der Waals surface area (Å²) in [7, 11) is 0. The first-order valence-corrected chi connectivity index (χ1v) is 10.1. The Kier molecular flexibility index (Phi) is 6.72. The number of imide groups is 1. The average molecular weight is 411 g/mol. The van der Waals surface area contributed by atoms with E-state index in [0.29, 0.717) is 23.5 Å². The van der Waals surface area contributed by atoms with Crippen LogP contribution in [-0.2, 0) is 14.3 Å². The molecule has 3 rings (SSSR count). The van der Waals surface area contributed by atoms with Crippen LogP contribution in [-0.4, -0.2) is 34.7 Å². The van der Waals surface area contributed by atoms with Crippen molar-refractivity contribution in [3.05, 3.63) is 65.1 Å². The van der Waals surface area contributed by atoms with Crippen molar-refractivity contribution < 1.29 is 23.9 Å². The Labute approximate surface area is 173 Å². The van der Waals surface area contributed by atoms with Gasteiger partial charge in [0.05, 0.1) is 11.0 Å². The second-order valence-corrected chi connectivity index (χ2v) is 7.46. The molecule has 1 heterocycles. The molecule has 0 N–H and O–H groups in total. The molecule has 2 aromatic rings. The molecule has 0 radical (unpaired) electrons. The number of nitrogens with zero attached hydrogens (tertiary/aromatic N) is 1. The van der Waals surface area contributed by atoms with Gasteiger partial charge in [-0.25, -0.2) is 0 Å². The van der Waals surface area contributed by atoms with Crippen LogP contribution in [0.3, 0.4) is 0 Å². The van der Waals surface area contributed by atoms with Gasteiger partial charge in [0.1, 0.15) is 18.0 Å². The van der Waals surface area contributed by atoms with Crippen molar-refractivity contribution in [3.8, 4) is 11.5 Å². The first-order chi connectivity index (χ1) is 14.0. The Hall–Kier alpha value is -3.06. The van der Waals surface area contributed by atoms with E-state index in [1.54, 1.807) is 31.2 Å². The smallest absolute Gasteiger partial charge is 0.326 e. The van der Waals surface area contributed by atoms with Gasteiger partial charge in [0, 0.05) is 0 Å². The Balaban J connectivity index is 1.71. The van der Waals surface area contributed by atoms with E-state index in [4.69, 9.17) is 9.47 Å². The van der Waals surface area contributed by atoms with Gasteiger partial charge in [-0.2, -0.15) is 0 Å². The average Bonchev–Trinajstić information content (AvgIpc) is 2.96. The molecule has 1 saturated heterocycles. The fourth-order valence-corrected chi connectivity index (χ4v) is 3.39. The van der Waals surface area contributed by atoms with Gasteiger partial charge < -0.3 is 9.47 Å². The van der Waals surface area contributed by atoms with Gasteiger partial charge in [0.15, 0.2) is 0 Å². The molecular weight excluding hydrogens is 390 g/mol. The topological polar surface area (TPSA) is 72.9 Å². The van der Waals surface area contributed by atoms with Crippen LogP contribution in [0.4, 0.5) is 4.79 Å². The molecule has 0 unspecified atom stereocenters. The molecule has 1 aliphatic heterocycles. The molecule has 0 aromatic heterocycles. The lowest BCUT2D eigenvalue weighted by atomic mass is 10.2. The zero-order valence-corrected chi connectivity index (χ0v) is 17.0.